The number of hydrogen-bond donors (Lipinski definition) is 1. The van der Waals surface area contributed by atoms with Gasteiger partial charge in [0.25, 0.3) is 0 Å². The van der Waals surface area contributed by atoms with Crippen LogP contribution in [-0.4, -0.2) is 16.7 Å². The van der Waals surface area contributed by atoms with E-state index in [2.05, 4.69) is 10.3 Å². The van der Waals surface area contributed by atoms with Crippen molar-refractivity contribution in [2.24, 2.45) is 0 Å². The van der Waals surface area contributed by atoms with Gasteiger partial charge in [-0.1, -0.05) is 11.6 Å². The van der Waals surface area contributed by atoms with Gasteiger partial charge in [-0.25, -0.2) is 0 Å². The summed E-state index contributed by atoms with van der Waals surface area (Å²) >= 11 is 5.98. The van der Waals surface area contributed by atoms with Crippen LogP contribution in [0.2, 0.25) is 5.02 Å². The van der Waals surface area contributed by atoms with E-state index in [0.29, 0.717) is 22.0 Å². The van der Waals surface area contributed by atoms with Crippen molar-refractivity contribution >= 4 is 29.0 Å². The van der Waals surface area contributed by atoms with Gasteiger partial charge in [-0.3, -0.25) is 14.6 Å². The second kappa shape index (κ2) is 6.30. The van der Waals surface area contributed by atoms with Crippen LogP contribution in [0.3, 0.4) is 0 Å². The zero-order valence-corrected chi connectivity index (χ0v) is 11.6. The topological polar surface area (TPSA) is 59.1 Å². The van der Waals surface area contributed by atoms with Crippen molar-refractivity contribution in [1.29, 1.82) is 0 Å². The molecule has 1 amide bonds. The maximum Gasteiger partial charge on any atom is 0.221 e. The molecule has 0 fully saturated rings. The normalized spacial score (nSPS) is 10.1. The molecule has 1 aromatic carbocycles. The van der Waals surface area contributed by atoms with E-state index in [1.165, 1.54) is 6.92 Å². The maximum atomic E-state index is 12.1. The minimum atomic E-state index is -0.149. The first-order valence-corrected chi connectivity index (χ1v) is 6.44. The summed E-state index contributed by atoms with van der Waals surface area (Å²) in [5.74, 6) is -0.218. The number of carbonyl (C=O) groups is 2. The van der Waals surface area contributed by atoms with Gasteiger partial charge in [-0.15, -0.1) is 0 Å². The Bertz CT molecular complexity index is 639. The largest absolute Gasteiger partial charge is 0.326 e. The minimum absolute atomic E-state index is 0.0695. The third kappa shape index (κ3) is 3.65. The van der Waals surface area contributed by atoms with Crippen LogP contribution in [0.4, 0.5) is 5.69 Å². The monoisotopic (exact) mass is 288 g/mol. The Hall–Kier alpha value is -2.20. The zero-order valence-electron chi connectivity index (χ0n) is 10.9. The van der Waals surface area contributed by atoms with Gasteiger partial charge in [0, 0.05) is 24.4 Å². The molecule has 0 saturated carbocycles. The van der Waals surface area contributed by atoms with Crippen molar-refractivity contribution in [2.75, 3.05) is 5.32 Å². The van der Waals surface area contributed by atoms with E-state index in [9.17, 15) is 9.59 Å². The minimum Gasteiger partial charge on any atom is -0.326 e. The highest BCUT2D eigenvalue weighted by molar-refractivity contribution is 6.31. The third-order valence-electron chi connectivity index (χ3n) is 2.69. The summed E-state index contributed by atoms with van der Waals surface area (Å²) in [5, 5.41) is 3.13. The number of carbonyl (C=O) groups excluding carboxylic acids is 2. The van der Waals surface area contributed by atoms with Crippen LogP contribution < -0.4 is 5.32 Å². The predicted octanol–water partition coefficient (Wildman–Crippen LogP) is 3.12. The Morgan fingerprint density at radius 2 is 1.90 bits per heavy atom. The highest BCUT2D eigenvalue weighted by atomic mass is 35.5. The molecular weight excluding hydrogens is 276 g/mol. The molecule has 20 heavy (non-hydrogen) atoms. The van der Waals surface area contributed by atoms with Crippen molar-refractivity contribution in [2.45, 2.75) is 13.3 Å². The molecule has 0 aliphatic heterocycles. The lowest BCUT2D eigenvalue weighted by Gasteiger charge is -2.05. The number of benzene rings is 1. The molecule has 0 bridgehead atoms. The third-order valence-corrected chi connectivity index (χ3v) is 3.03. The molecular formula is C15H13ClN2O2. The average molecular weight is 289 g/mol. The van der Waals surface area contributed by atoms with Crippen LogP contribution in [0.5, 0.6) is 0 Å². The molecule has 0 atom stereocenters. The summed E-state index contributed by atoms with van der Waals surface area (Å²) in [4.78, 5) is 27.1. The summed E-state index contributed by atoms with van der Waals surface area (Å²) in [6.45, 7) is 1.43. The van der Waals surface area contributed by atoms with E-state index < -0.39 is 0 Å². The number of pyridine rings is 1. The second-order valence-electron chi connectivity index (χ2n) is 4.29. The standard InChI is InChI=1S/C15H13ClN2O2/c1-10(19)18-12-6-4-11(5-7-12)15(20)9-14-13(16)3-2-8-17-14/h2-8H,9H2,1H3,(H,18,19). The number of rotatable bonds is 4. The van der Waals surface area contributed by atoms with Crippen molar-refractivity contribution < 1.29 is 9.59 Å². The Morgan fingerprint density at radius 1 is 1.20 bits per heavy atom. The number of Topliss-reactive ketones (excluding diaryl/α,β-unsaturated/α-hetero) is 1. The molecule has 0 aliphatic carbocycles. The SMILES string of the molecule is CC(=O)Nc1ccc(C(=O)Cc2ncccc2Cl)cc1. The molecule has 1 aromatic heterocycles. The van der Waals surface area contributed by atoms with Gasteiger partial charge in [0.15, 0.2) is 5.78 Å². The first-order valence-electron chi connectivity index (χ1n) is 6.06. The van der Waals surface area contributed by atoms with E-state index in [-0.39, 0.29) is 18.1 Å². The van der Waals surface area contributed by atoms with Gasteiger partial charge in [0.2, 0.25) is 5.91 Å². The van der Waals surface area contributed by atoms with Gasteiger partial charge in [0.05, 0.1) is 17.1 Å². The number of hydrogen-bond acceptors (Lipinski definition) is 3. The van der Waals surface area contributed by atoms with Gasteiger partial charge in [-0.05, 0) is 36.4 Å². The van der Waals surface area contributed by atoms with E-state index in [1.54, 1.807) is 42.6 Å². The van der Waals surface area contributed by atoms with Crippen LogP contribution in [0.15, 0.2) is 42.6 Å². The fourth-order valence-corrected chi connectivity index (χ4v) is 1.93. The van der Waals surface area contributed by atoms with Crippen LogP contribution in [-0.2, 0) is 11.2 Å². The van der Waals surface area contributed by atoms with Crippen molar-refractivity contribution in [3.63, 3.8) is 0 Å². The number of anilines is 1. The molecule has 0 aliphatic rings. The average Bonchev–Trinajstić information content (AvgIpc) is 2.41. The lowest BCUT2D eigenvalue weighted by atomic mass is 10.1. The highest BCUT2D eigenvalue weighted by Crippen LogP contribution is 2.16. The molecule has 0 unspecified atom stereocenters. The summed E-state index contributed by atoms with van der Waals surface area (Å²) in [7, 11) is 0. The number of nitrogens with one attached hydrogen (secondary N) is 1. The van der Waals surface area contributed by atoms with E-state index in [0.717, 1.165) is 0 Å². The quantitative estimate of drug-likeness (QED) is 0.879. The Balaban J connectivity index is 2.10. The summed E-state index contributed by atoms with van der Waals surface area (Å²) in [5.41, 5.74) is 1.77. The molecule has 0 radical (unpaired) electrons. The summed E-state index contributed by atoms with van der Waals surface area (Å²) < 4.78 is 0. The van der Waals surface area contributed by atoms with Gasteiger partial charge < -0.3 is 5.32 Å². The molecule has 5 heteroatoms. The molecule has 2 aromatic rings. The van der Waals surface area contributed by atoms with E-state index in [4.69, 9.17) is 11.6 Å². The zero-order chi connectivity index (χ0) is 14.5. The van der Waals surface area contributed by atoms with Crippen LogP contribution >= 0.6 is 11.6 Å². The molecule has 2 rings (SSSR count). The lowest BCUT2D eigenvalue weighted by molar-refractivity contribution is -0.114. The summed E-state index contributed by atoms with van der Waals surface area (Å²) in [6, 6.07) is 10.1. The fraction of sp³-hybridized carbons (Fsp3) is 0.133. The van der Waals surface area contributed by atoms with Crippen LogP contribution in [0.1, 0.15) is 23.0 Å². The maximum absolute atomic E-state index is 12.1. The Morgan fingerprint density at radius 3 is 2.50 bits per heavy atom. The Kier molecular flexibility index (Phi) is 4.48. The molecule has 0 saturated heterocycles. The van der Waals surface area contributed by atoms with E-state index >= 15 is 0 Å². The number of ketones is 1. The molecule has 1 heterocycles. The molecule has 1 N–H and O–H groups in total. The Labute approximate surface area is 121 Å². The molecule has 0 spiro atoms. The van der Waals surface area contributed by atoms with Crippen LogP contribution in [0.25, 0.3) is 0 Å². The first-order chi connectivity index (χ1) is 9.56. The first kappa shape index (κ1) is 14.2. The fourth-order valence-electron chi connectivity index (χ4n) is 1.75. The lowest BCUT2D eigenvalue weighted by Crippen LogP contribution is -2.08. The van der Waals surface area contributed by atoms with Gasteiger partial charge >= 0.3 is 0 Å². The summed E-state index contributed by atoms with van der Waals surface area (Å²) in [6.07, 6.45) is 1.76. The highest BCUT2D eigenvalue weighted by Gasteiger charge is 2.10. The van der Waals surface area contributed by atoms with E-state index in [1.807, 2.05) is 0 Å². The number of amides is 1. The number of halogens is 1. The molecule has 4 nitrogen and oxygen atoms in total. The van der Waals surface area contributed by atoms with Crippen LogP contribution in [0, 0.1) is 0 Å². The number of aromatic nitrogens is 1. The van der Waals surface area contributed by atoms with Crippen molar-refractivity contribution in [1.82, 2.24) is 4.98 Å². The van der Waals surface area contributed by atoms with Crippen molar-refractivity contribution in [3.8, 4) is 0 Å². The van der Waals surface area contributed by atoms with Crippen molar-refractivity contribution in [3.05, 3.63) is 58.9 Å². The smallest absolute Gasteiger partial charge is 0.221 e. The van der Waals surface area contributed by atoms with Gasteiger partial charge in [-0.2, -0.15) is 0 Å². The van der Waals surface area contributed by atoms with Gasteiger partial charge in [0.1, 0.15) is 0 Å². The second-order valence-corrected chi connectivity index (χ2v) is 4.70. The number of nitrogens with zero attached hydrogens (tertiary/aromatic N) is 1. The predicted molar refractivity (Wildman–Crippen MR) is 78.0 cm³/mol. The molecule has 102 valence electrons.